The van der Waals surface area contributed by atoms with E-state index in [0.29, 0.717) is 22.9 Å². The van der Waals surface area contributed by atoms with Crippen LogP contribution in [0, 0.1) is 19.7 Å². The molecule has 1 aliphatic carbocycles. The number of aromatic nitrogens is 3. The Hall–Kier alpha value is -3.71. The minimum atomic E-state index is -3.63. The van der Waals surface area contributed by atoms with Crippen LogP contribution in [0.25, 0.3) is 16.6 Å². The van der Waals surface area contributed by atoms with Crippen LogP contribution in [0.3, 0.4) is 0 Å². The summed E-state index contributed by atoms with van der Waals surface area (Å²) in [6, 6.07) is 8.74. The van der Waals surface area contributed by atoms with Crippen LogP contribution in [0.1, 0.15) is 30.0 Å². The third-order valence-electron chi connectivity index (χ3n) is 6.71. The van der Waals surface area contributed by atoms with E-state index in [4.69, 9.17) is 0 Å². The number of benzene rings is 2. The minimum absolute atomic E-state index is 0.0246. The first-order chi connectivity index (χ1) is 18.3. The summed E-state index contributed by atoms with van der Waals surface area (Å²) in [6.45, 7) is 3.22. The molecule has 13 heteroatoms. The van der Waals surface area contributed by atoms with Gasteiger partial charge >= 0.3 is 5.69 Å². The Balaban J connectivity index is 1.91. The molecule has 1 aliphatic rings. The van der Waals surface area contributed by atoms with Crippen molar-refractivity contribution in [2.75, 3.05) is 16.3 Å². The molecular weight excluding hydrogens is 593 g/mol. The second kappa shape index (κ2) is 9.49. The Labute approximate surface area is 230 Å². The minimum Gasteiger partial charge on any atom is -0.338 e. The summed E-state index contributed by atoms with van der Waals surface area (Å²) in [5.74, 6) is -0.590. The van der Waals surface area contributed by atoms with Crippen LogP contribution in [-0.4, -0.2) is 28.4 Å². The number of nitrogens with one attached hydrogen (secondary N) is 2. The second-order valence-corrected chi connectivity index (χ2v) is 12.4. The second-order valence-electron chi connectivity index (χ2n) is 9.71. The fourth-order valence-corrected chi connectivity index (χ4v) is 5.58. The zero-order valence-electron chi connectivity index (χ0n) is 21.5. The molecule has 0 aliphatic heterocycles. The lowest BCUT2D eigenvalue weighted by Crippen LogP contribution is -2.41. The molecule has 1 saturated carbocycles. The number of pyridine rings is 1. The molecule has 10 nitrogen and oxygen atoms in total. The number of sulfonamides is 1. The summed E-state index contributed by atoms with van der Waals surface area (Å²) >= 11 is 3.22. The first-order valence-electron chi connectivity index (χ1n) is 12.0. The van der Waals surface area contributed by atoms with Gasteiger partial charge in [-0.15, -0.1) is 0 Å². The van der Waals surface area contributed by atoms with Crippen molar-refractivity contribution in [1.82, 2.24) is 13.7 Å². The molecule has 2 aromatic heterocycles. The summed E-state index contributed by atoms with van der Waals surface area (Å²) in [6.07, 6.45) is 2.27. The Morgan fingerprint density at radius 3 is 2.31 bits per heavy atom. The third-order valence-corrected chi connectivity index (χ3v) is 7.80. The number of hydrogen-bond acceptors (Lipinski definition) is 6. The Morgan fingerprint density at radius 1 is 1.00 bits per heavy atom. The van der Waals surface area contributed by atoms with Crippen molar-refractivity contribution in [2.24, 2.45) is 7.05 Å². The number of nitrogens with zero attached hydrogens (tertiary/aromatic N) is 3. The molecule has 1 fully saturated rings. The molecule has 2 N–H and O–H groups in total. The number of hydrogen-bond donors (Lipinski definition) is 2. The zero-order chi connectivity index (χ0) is 28.4. The molecule has 0 saturated heterocycles. The molecule has 2 heterocycles. The van der Waals surface area contributed by atoms with Gasteiger partial charge in [0.25, 0.3) is 11.1 Å². The maximum absolute atomic E-state index is 14.8. The van der Waals surface area contributed by atoms with Gasteiger partial charge in [-0.3, -0.25) is 28.0 Å². The molecular formula is C26H25BrFN5O5S. The van der Waals surface area contributed by atoms with E-state index < -0.39 is 32.6 Å². The number of halogens is 2. The van der Waals surface area contributed by atoms with Gasteiger partial charge in [-0.05, 0) is 62.6 Å². The fourth-order valence-electron chi connectivity index (χ4n) is 4.63. The lowest BCUT2D eigenvalue weighted by molar-refractivity contribution is 0.606. The smallest absolute Gasteiger partial charge is 0.336 e. The summed E-state index contributed by atoms with van der Waals surface area (Å²) in [4.78, 5) is 41.1. The zero-order valence-corrected chi connectivity index (χ0v) is 23.9. The maximum Gasteiger partial charge on any atom is 0.336 e. The molecule has 39 heavy (non-hydrogen) atoms. The van der Waals surface area contributed by atoms with Gasteiger partial charge in [0.2, 0.25) is 10.0 Å². The highest BCUT2D eigenvalue weighted by Gasteiger charge is 2.31. The number of anilines is 3. The first kappa shape index (κ1) is 26.9. The SMILES string of the molecule is Cc1ccc(-n2c(=O)n(C3CC3)c(=O)c3c(Nc4ccc(Br)cc4F)n(C)c(=O)c(C)c32)cc1NS(C)(=O)=O. The highest BCUT2D eigenvalue weighted by atomic mass is 79.9. The van der Waals surface area contributed by atoms with Gasteiger partial charge in [-0.2, -0.15) is 0 Å². The van der Waals surface area contributed by atoms with Crippen LogP contribution in [0.15, 0.2) is 55.3 Å². The number of rotatable bonds is 6. The van der Waals surface area contributed by atoms with Crippen molar-refractivity contribution in [3.63, 3.8) is 0 Å². The van der Waals surface area contributed by atoms with Gasteiger partial charge in [-0.25, -0.2) is 17.6 Å². The van der Waals surface area contributed by atoms with Crippen molar-refractivity contribution in [1.29, 1.82) is 0 Å². The molecule has 0 atom stereocenters. The number of aryl methyl sites for hydroxylation is 2. The predicted molar refractivity (Wildman–Crippen MR) is 153 cm³/mol. The van der Waals surface area contributed by atoms with E-state index in [1.54, 1.807) is 25.1 Å². The van der Waals surface area contributed by atoms with E-state index in [2.05, 4.69) is 26.0 Å². The molecule has 5 rings (SSSR count). The van der Waals surface area contributed by atoms with Crippen molar-refractivity contribution < 1.29 is 12.8 Å². The van der Waals surface area contributed by atoms with Crippen molar-refractivity contribution in [3.05, 3.63) is 89.0 Å². The van der Waals surface area contributed by atoms with E-state index in [1.165, 1.54) is 41.3 Å². The Bertz CT molecular complexity index is 1980. The van der Waals surface area contributed by atoms with Gasteiger partial charge < -0.3 is 5.32 Å². The average Bonchev–Trinajstić information content (AvgIpc) is 3.68. The Kier molecular flexibility index (Phi) is 6.54. The summed E-state index contributed by atoms with van der Waals surface area (Å²) in [7, 11) is -2.17. The standard InChI is InChI=1S/C26H25BrFN5O5S/c1-13-5-7-17(12-20(13)30-39(4,37)38)32-22-14(2)24(34)31(3)23(29-19-10-6-15(27)11-18(19)28)21(22)25(35)33(26(32)36)16-8-9-16/h5-7,10-12,16,29-30H,8-9H2,1-4H3. The van der Waals surface area contributed by atoms with Crippen LogP contribution in [0.2, 0.25) is 0 Å². The van der Waals surface area contributed by atoms with E-state index in [9.17, 15) is 27.2 Å². The quantitative estimate of drug-likeness (QED) is 0.339. The van der Waals surface area contributed by atoms with Crippen molar-refractivity contribution >= 4 is 54.0 Å². The lowest BCUT2D eigenvalue weighted by atomic mass is 10.1. The highest BCUT2D eigenvalue weighted by molar-refractivity contribution is 9.10. The first-order valence-corrected chi connectivity index (χ1v) is 14.7. The molecule has 4 aromatic rings. The Morgan fingerprint density at radius 2 is 1.69 bits per heavy atom. The van der Waals surface area contributed by atoms with Gasteiger partial charge in [-0.1, -0.05) is 22.0 Å². The van der Waals surface area contributed by atoms with Crippen LogP contribution in [-0.2, 0) is 17.1 Å². The maximum atomic E-state index is 14.8. The molecule has 2 aromatic carbocycles. The normalized spacial score (nSPS) is 13.6. The molecule has 0 radical (unpaired) electrons. The van der Waals surface area contributed by atoms with Crippen LogP contribution < -0.4 is 26.8 Å². The monoisotopic (exact) mass is 617 g/mol. The molecule has 0 spiro atoms. The van der Waals surface area contributed by atoms with Crippen LogP contribution in [0.4, 0.5) is 21.6 Å². The van der Waals surface area contributed by atoms with Gasteiger partial charge in [0.15, 0.2) is 0 Å². The van der Waals surface area contributed by atoms with Crippen molar-refractivity contribution in [3.8, 4) is 5.69 Å². The van der Waals surface area contributed by atoms with Gasteiger partial charge in [0.1, 0.15) is 17.0 Å². The van der Waals surface area contributed by atoms with Gasteiger partial charge in [0, 0.05) is 23.1 Å². The lowest BCUT2D eigenvalue weighted by Gasteiger charge is -2.21. The summed E-state index contributed by atoms with van der Waals surface area (Å²) in [5.41, 5.74) is -0.425. The largest absolute Gasteiger partial charge is 0.338 e. The van der Waals surface area contributed by atoms with Crippen molar-refractivity contribution in [2.45, 2.75) is 32.7 Å². The van der Waals surface area contributed by atoms with E-state index in [1.807, 2.05) is 0 Å². The molecule has 0 unspecified atom stereocenters. The topological polar surface area (TPSA) is 124 Å². The van der Waals surface area contributed by atoms with E-state index in [-0.39, 0.29) is 45.4 Å². The highest BCUT2D eigenvalue weighted by Crippen LogP contribution is 2.34. The summed E-state index contributed by atoms with van der Waals surface area (Å²) < 4.78 is 45.3. The van der Waals surface area contributed by atoms with Crippen LogP contribution >= 0.6 is 15.9 Å². The average molecular weight is 618 g/mol. The summed E-state index contributed by atoms with van der Waals surface area (Å²) in [5, 5.41) is 2.93. The van der Waals surface area contributed by atoms with E-state index in [0.717, 1.165) is 10.8 Å². The third kappa shape index (κ3) is 4.80. The van der Waals surface area contributed by atoms with E-state index >= 15 is 0 Å². The van der Waals surface area contributed by atoms with Crippen LogP contribution in [0.5, 0.6) is 0 Å². The predicted octanol–water partition coefficient (Wildman–Crippen LogP) is 3.82. The molecule has 204 valence electrons. The van der Waals surface area contributed by atoms with Gasteiger partial charge in [0.05, 0.1) is 28.8 Å². The number of fused-ring (bicyclic) bond motifs is 1. The molecule has 0 amide bonds. The molecule has 0 bridgehead atoms. The fraction of sp³-hybridized carbons (Fsp3) is 0.269.